The molecule has 2 rings (SSSR count). The first-order valence-electron chi connectivity index (χ1n) is 5.18. The van der Waals surface area contributed by atoms with E-state index >= 15 is 0 Å². The van der Waals surface area contributed by atoms with Crippen LogP contribution < -0.4 is 11.1 Å². The largest absolute Gasteiger partial charge is 0.361 e. The van der Waals surface area contributed by atoms with Crippen molar-refractivity contribution in [2.24, 2.45) is 5.73 Å². The predicted octanol–water partition coefficient (Wildman–Crippen LogP) is 0.582. The highest BCUT2D eigenvalue weighted by Gasteiger charge is 2.18. The Kier molecular flexibility index (Phi) is 2.51. The molecule has 0 aliphatic carbocycles. The predicted molar refractivity (Wildman–Crippen MR) is 62.3 cm³/mol. The van der Waals surface area contributed by atoms with Crippen LogP contribution in [0.1, 0.15) is 19.7 Å². The number of aromatic nitrogens is 4. The number of aryl methyl sites for hydroxylation is 1. The summed E-state index contributed by atoms with van der Waals surface area (Å²) < 4.78 is 1.89. The minimum absolute atomic E-state index is 0.214. The van der Waals surface area contributed by atoms with Gasteiger partial charge in [-0.15, -0.1) is 10.2 Å². The minimum Gasteiger partial charge on any atom is -0.361 e. The standard InChI is InChI=1S/C10H16N6/c1-7-14-15-9-8(12-4-5-16(7)9)13-10(2,3)6-11/h4-5H,6,11H2,1-3H3,(H,12,13). The van der Waals surface area contributed by atoms with Crippen LogP contribution in [0.15, 0.2) is 12.4 Å². The molecule has 0 spiro atoms. The summed E-state index contributed by atoms with van der Waals surface area (Å²) in [4.78, 5) is 4.26. The van der Waals surface area contributed by atoms with Crippen molar-refractivity contribution < 1.29 is 0 Å². The third-order valence-corrected chi connectivity index (χ3v) is 2.46. The Hall–Kier alpha value is -1.69. The van der Waals surface area contributed by atoms with Crippen LogP contribution in [0.5, 0.6) is 0 Å². The molecule has 86 valence electrons. The van der Waals surface area contributed by atoms with Gasteiger partial charge >= 0.3 is 0 Å². The second-order valence-electron chi connectivity index (χ2n) is 4.43. The summed E-state index contributed by atoms with van der Waals surface area (Å²) >= 11 is 0. The summed E-state index contributed by atoms with van der Waals surface area (Å²) in [7, 11) is 0. The maximum atomic E-state index is 5.67. The topological polar surface area (TPSA) is 81.1 Å². The normalized spacial score (nSPS) is 12.0. The van der Waals surface area contributed by atoms with Crippen LogP contribution >= 0.6 is 0 Å². The van der Waals surface area contributed by atoms with Crippen molar-refractivity contribution >= 4 is 11.5 Å². The number of hydrogen-bond acceptors (Lipinski definition) is 5. The molecule has 0 aromatic carbocycles. The fourth-order valence-corrected chi connectivity index (χ4v) is 1.40. The lowest BCUT2D eigenvalue weighted by atomic mass is 10.1. The van der Waals surface area contributed by atoms with Crippen molar-refractivity contribution in [1.82, 2.24) is 19.6 Å². The Balaban J connectivity index is 2.45. The van der Waals surface area contributed by atoms with E-state index in [9.17, 15) is 0 Å². The third-order valence-electron chi connectivity index (χ3n) is 2.46. The molecular formula is C10H16N6. The molecule has 0 saturated heterocycles. The van der Waals surface area contributed by atoms with E-state index in [2.05, 4.69) is 20.5 Å². The van der Waals surface area contributed by atoms with Gasteiger partial charge in [-0.1, -0.05) is 0 Å². The van der Waals surface area contributed by atoms with E-state index < -0.39 is 0 Å². The average Bonchev–Trinajstić information content (AvgIpc) is 2.62. The van der Waals surface area contributed by atoms with Gasteiger partial charge in [0.1, 0.15) is 5.82 Å². The van der Waals surface area contributed by atoms with E-state index in [1.807, 2.05) is 31.4 Å². The molecule has 0 radical (unpaired) electrons. The molecule has 0 saturated carbocycles. The summed E-state index contributed by atoms with van der Waals surface area (Å²) in [6.45, 7) is 6.45. The monoisotopic (exact) mass is 220 g/mol. The number of nitrogens with zero attached hydrogens (tertiary/aromatic N) is 4. The first kappa shape index (κ1) is 10.8. The van der Waals surface area contributed by atoms with Gasteiger partial charge in [-0.25, -0.2) is 4.98 Å². The van der Waals surface area contributed by atoms with E-state index in [1.165, 1.54) is 0 Å². The molecule has 6 nitrogen and oxygen atoms in total. The fourth-order valence-electron chi connectivity index (χ4n) is 1.40. The first-order chi connectivity index (χ1) is 7.53. The lowest BCUT2D eigenvalue weighted by Crippen LogP contribution is -2.39. The van der Waals surface area contributed by atoms with Crippen LogP contribution in [-0.2, 0) is 0 Å². The molecule has 2 heterocycles. The van der Waals surface area contributed by atoms with Gasteiger partial charge in [-0.3, -0.25) is 4.40 Å². The number of anilines is 1. The molecule has 0 fully saturated rings. The first-order valence-corrected chi connectivity index (χ1v) is 5.18. The Labute approximate surface area is 93.9 Å². The van der Waals surface area contributed by atoms with Crippen molar-refractivity contribution in [3.63, 3.8) is 0 Å². The number of nitrogens with two attached hydrogens (primary N) is 1. The van der Waals surface area contributed by atoms with Gasteiger partial charge in [0.2, 0.25) is 5.65 Å². The van der Waals surface area contributed by atoms with Crippen LogP contribution in [0.2, 0.25) is 0 Å². The Morgan fingerprint density at radius 1 is 1.44 bits per heavy atom. The minimum atomic E-state index is -0.214. The van der Waals surface area contributed by atoms with E-state index in [0.29, 0.717) is 12.4 Å². The number of nitrogens with one attached hydrogen (secondary N) is 1. The van der Waals surface area contributed by atoms with Gasteiger partial charge in [-0.05, 0) is 20.8 Å². The molecule has 0 unspecified atom stereocenters. The number of hydrogen-bond donors (Lipinski definition) is 2. The van der Waals surface area contributed by atoms with Gasteiger partial charge in [0.05, 0.1) is 0 Å². The van der Waals surface area contributed by atoms with Gasteiger partial charge in [0.25, 0.3) is 0 Å². The van der Waals surface area contributed by atoms with Gasteiger partial charge in [0, 0.05) is 24.5 Å². The van der Waals surface area contributed by atoms with E-state index in [-0.39, 0.29) is 5.54 Å². The SMILES string of the molecule is Cc1nnc2c(NC(C)(C)CN)nccn12. The smallest absolute Gasteiger partial charge is 0.203 e. The van der Waals surface area contributed by atoms with Crippen molar-refractivity contribution in [2.45, 2.75) is 26.3 Å². The van der Waals surface area contributed by atoms with Crippen LogP contribution in [0.25, 0.3) is 5.65 Å². The molecule has 0 amide bonds. The highest BCUT2D eigenvalue weighted by molar-refractivity contribution is 5.62. The van der Waals surface area contributed by atoms with Crippen LogP contribution in [0, 0.1) is 6.92 Å². The summed E-state index contributed by atoms with van der Waals surface area (Å²) in [5.74, 6) is 1.55. The van der Waals surface area contributed by atoms with Crippen LogP contribution in [-0.4, -0.2) is 31.7 Å². The molecule has 0 aliphatic heterocycles. The Morgan fingerprint density at radius 2 is 2.19 bits per heavy atom. The Morgan fingerprint density at radius 3 is 2.88 bits per heavy atom. The maximum Gasteiger partial charge on any atom is 0.203 e. The molecule has 0 atom stereocenters. The van der Waals surface area contributed by atoms with Gasteiger partial charge < -0.3 is 11.1 Å². The molecular weight excluding hydrogens is 204 g/mol. The highest BCUT2D eigenvalue weighted by atomic mass is 15.3. The number of fused-ring (bicyclic) bond motifs is 1. The second-order valence-corrected chi connectivity index (χ2v) is 4.43. The van der Waals surface area contributed by atoms with Crippen molar-refractivity contribution in [2.75, 3.05) is 11.9 Å². The van der Waals surface area contributed by atoms with Gasteiger partial charge in [0.15, 0.2) is 5.82 Å². The second kappa shape index (κ2) is 3.71. The van der Waals surface area contributed by atoms with Crippen LogP contribution in [0.4, 0.5) is 5.82 Å². The fraction of sp³-hybridized carbons (Fsp3) is 0.500. The quantitative estimate of drug-likeness (QED) is 0.791. The Bertz CT molecular complexity index is 501. The highest BCUT2D eigenvalue weighted by Crippen LogP contribution is 2.16. The summed E-state index contributed by atoms with van der Waals surface area (Å²) in [6, 6.07) is 0. The molecule has 6 heteroatoms. The molecule has 16 heavy (non-hydrogen) atoms. The third kappa shape index (κ3) is 1.83. The number of rotatable bonds is 3. The molecule has 2 aromatic rings. The van der Waals surface area contributed by atoms with E-state index in [0.717, 1.165) is 11.5 Å². The van der Waals surface area contributed by atoms with E-state index in [1.54, 1.807) is 6.20 Å². The van der Waals surface area contributed by atoms with Gasteiger partial charge in [-0.2, -0.15) is 0 Å². The zero-order chi connectivity index (χ0) is 11.8. The van der Waals surface area contributed by atoms with Crippen molar-refractivity contribution in [3.8, 4) is 0 Å². The summed E-state index contributed by atoms with van der Waals surface area (Å²) in [6.07, 6.45) is 3.56. The maximum absolute atomic E-state index is 5.67. The van der Waals surface area contributed by atoms with E-state index in [4.69, 9.17) is 5.73 Å². The zero-order valence-corrected chi connectivity index (χ0v) is 9.73. The molecule has 0 aliphatic rings. The molecule has 0 bridgehead atoms. The van der Waals surface area contributed by atoms with Crippen LogP contribution in [0.3, 0.4) is 0 Å². The van der Waals surface area contributed by atoms with Crippen molar-refractivity contribution in [1.29, 1.82) is 0 Å². The summed E-state index contributed by atoms with van der Waals surface area (Å²) in [5, 5.41) is 11.4. The lowest BCUT2D eigenvalue weighted by molar-refractivity contribution is 0.577. The lowest BCUT2D eigenvalue weighted by Gasteiger charge is -2.24. The molecule has 2 aromatic heterocycles. The average molecular weight is 220 g/mol. The zero-order valence-electron chi connectivity index (χ0n) is 9.73. The molecule has 3 N–H and O–H groups in total. The summed E-state index contributed by atoms with van der Waals surface area (Å²) in [5.41, 5.74) is 6.18. The van der Waals surface area contributed by atoms with Crippen molar-refractivity contribution in [3.05, 3.63) is 18.2 Å².